The van der Waals surface area contributed by atoms with Crippen molar-refractivity contribution in [3.8, 4) is 11.4 Å². The zero-order valence-corrected chi connectivity index (χ0v) is 22.5. The predicted molar refractivity (Wildman–Crippen MR) is 139 cm³/mol. The minimum absolute atomic E-state index is 0.0129. The van der Waals surface area contributed by atoms with Crippen LogP contribution in [0.2, 0.25) is 10.0 Å². The molecule has 0 aliphatic carbocycles. The Labute approximate surface area is 220 Å². The average Bonchev–Trinajstić information content (AvgIpc) is 3.34. The smallest absolute Gasteiger partial charge is 0.341 e. The van der Waals surface area contributed by atoms with Gasteiger partial charge in [-0.15, -0.1) is 21.5 Å². The number of hydrogen-bond acceptors (Lipinski definition) is 8. The molecule has 0 fully saturated rings. The summed E-state index contributed by atoms with van der Waals surface area (Å²) in [5.74, 6) is -1.14. The van der Waals surface area contributed by atoms with Gasteiger partial charge in [0.1, 0.15) is 5.00 Å². The standard InChI is InChI=1S/C22H23Cl2N5O4S2/c1-5-29-19(12-6-7-13(23)14(24)8-12)27-28-22(29)34-9-15(30)26-20-16(21(32)33-10(2)3)11(4)17(35-20)18(25)31/h6-8,10H,5,9H2,1-4H3,(H2,25,31)(H,26,30). The first-order chi connectivity index (χ1) is 16.5. The number of esters is 1. The number of aromatic nitrogens is 3. The highest BCUT2D eigenvalue weighted by atomic mass is 35.5. The summed E-state index contributed by atoms with van der Waals surface area (Å²) in [6.45, 7) is 7.50. The summed E-state index contributed by atoms with van der Waals surface area (Å²) in [5, 5.41) is 12.7. The first-order valence-electron chi connectivity index (χ1n) is 10.5. The molecule has 0 aliphatic rings. The molecule has 0 saturated heterocycles. The molecule has 3 aromatic rings. The first-order valence-corrected chi connectivity index (χ1v) is 13.0. The second-order valence-corrected chi connectivity index (χ2v) is 10.4. The number of anilines is 1. The van der Waals surface area contributed by atoms with Crippen molar-refractivity contribution in [1.29, 1.82) is 0 Å². The van der Waals surface area contributed by atoms with Crippen LogP contribution in [0, 0.1) is 6.92 Å². The molecule has 2 amide bonds. The fourth-order valence-corrected chi connectivity index (χ4v) is 5.34. The molecule has 186 valence electrons. The van der Waals surface area contributed by atoms with Crippen LogP contribution in [0.4, 0.5) is 5.00 Å². The number of thioether (sulfide) groups is 1. The van der Waals surface area contributed by atoms with Crippen molar-refractivity contribution in [3.05, 3.63) is 44.2 Å². The zero-order chi connectivity index (χ0) is 25.9. The lowest BCUT2D eigenvalue weighted by atomic mass is 10.1. The predicted octanol–water partition coefficient (Wildman–Crippen LogP) is 5.04. The van der Waals surface area contributed by atoms with Gasteiger partial charge < -0.3 is 20.4 Å². The molecule has 9 nitrogen and oxygen atoms in total. The number of primary amides is 1. The molecule has 3 N–H and O–H groups in total. The molecule has 2 aromatic heterocycles. The largest absolute Gasteiger partial charge is 0.459 e. The first kappa shape index (κ1) is 27.0. The maximum atomic E-state index is 12.7. The Morgan fingerprint density at radius 1 is 1.23 bits per heavy atom. The summed E-state index contributed by atoms with van der Waals surface area (Å²) in [6, 6.07) is 5.17. The molecule has 0 aliphatic heterocycles. The van der Waals surface area contributed by atoms with Gasteiger partial charge in [-0.25, -0.2) is 4.79 Å². The number of amides is 2. The van der Waals surface area contributed by atoms with E-state index in [-0.39, 0.29) is 27.3 Å². The Bertz CT molecular complexity index is 1290. The van der Waals surface area contributed by atoms with Crippen molar-refractivity contribution in [2.75, 3.05) is 11.1 Å². The molecule has 0 spiro atoms. The SMILES string of the molecule is CCn1c(SCC(=O)Nc2sc(C(N)=O)c(C)c2C(=O)OC(C)C)nnc1-c1ccc(Cl)c(Cl)c1. The molecule has 0 bridgehead atoms. The number of carbonyl (C=O) groups is 3. The lowest BCUT2D eigenvalue weighted by Gasteiger charge is -2.10. The number of nitrogens with one attached hydrogen (secondary N) is 1. The van der Waals surface area contributed by atoms with E-state index in [0.29, 0.717) is 33.1 Å². The van der Waals surface area contributed by atoms with Gasteiger partial charge in [0.2, 0.25) is 5.91 Å². The van der Waals surface area contributed by atoms with Crippen LogP contribution in [0.5, 0.6) is 0 Å². The number of thiophene rings is 1. The number of nitrogens with zero attached hydrogens (tertiary/aromatic N) is 3. The minimum atomic E-state index is -0.688. The number of ether oxygens (including phenoxy) is 1. The molecule has 2 heterocycles. The summed E-state index contributed by atoms with van der Waals surface area (Å²) in [4.78, 5) is 37.3. The van der Waals surface area contributed by atoms with Crippen molar-refractivity contribution >= 4 is 69.1 Å². The van der Waals surface area contributed by atoms with Gasteiger partial charge in [-0.1, -0.05) is 35.0 Å². The maximum Gasteiger partial charge on any atom is 0.341 e. The van der Waals surface area contributed by atoms with E-state index < -0.39 is 17.8 Å². The van der Waals surface area contributed by atoms with E-state index in [9.17, 15) is 14.4 Å². The summed E-state index contributed by atoms with van der Waals surface area (Å²) in [7, 11) is 0. The molecular weight excluding hydrogens is 533 g/mol. The fraction of sp³-hybridized carbons (Fsp3) is 0.318. The summed E-state index contributed by atoms with van der Waals surface area (Å²) in [5.41, 5.74) is 6.66. The number of benzene rings is 1. The van der Waals surface area contributed by atoms with Crippen LogP contribution in [0.3, 0.4) is 0 Å². The van der Waals surface area contributed by atoms with Gasteiger partial charge in [0.05, 0.1) is 32.3 Å². The van der Waals surface area contributed by atoms with Gasteiger partial charge >= 0.3 is 5.97 Å². The van der Waals surface area contributed by atoms with E-state index in [2.05, 4.69) is 15.5 Å². The third-order valence-electron chi connectivity index (χ3n) is 4.71. The molecule has 1 aromatic carbocycles. The lowest BCUT2D eigenvalue weighted by molar-refractivity contribution is -0.113. The third-order valence-corrected chi connectivity index (χ3v) is 7.64. The van der Waals surface area contributed by atoms with Gasteiger partial charge in [0.25, 0.3) is 5.91 Å². The van der Waals surface area contributed by atoms with Crippen molar-refractivity contribution in [2.24, 2.45) is 5.73 Å². The number of rotatable bonds is 9. The highest BCUT2D eigenvalue weighted by molar-refractivity contribution is 7.99. The minimum Gasteiger partial charge on any atom is -0.459 e. The molecule has 3 rings (SSSR count). The molecule has 0 saturated carbocycles. The summed E-state index contributed by atoms with van der Waals surface area (Å²) < 4.78 is 7.12. The molecule has 13 heteroatoms. The van der Waals surface area contributed by atoms with E-state index >= 15 is 0 Å². The maximum absolute atomic E-state index is 12.7. The van der Waals surface area contributed by atoms with Crippen LogP contribution < -0.4 is 11.1 Å². The second-order valence-electron chi connectivity index (χ2n) is 7.59. The van der Waals surface area contributed by atoms with Crippen molar-refractivity contribution in [1.82, 2.24) is 14.8 Å². The second kappa shape index (κ2) is 11.4. The van der Waals surface area contributed by atoms with Crippen molar-refractivity contribution in [2.45, 2.75) is 45.5 Å². The van der Waals surface area contributed by atoms with Crippen LogP contribution >= 0.6 is 46.3 Å². The Hall–Kier alpha value is -2.60. The highest BCUT2D eigenvalue weighted by Crippen LogP contribution is 2.34. The fourth-order valence-electron chi connectivity index (χ4n) is 3.18. The van der Waals surface area contributed by atoms with E-state index in [1.54, 1.807) is 39.0 Å². The van der Waals surface area contributed by atoms with Gasteiger partial charge in [0.15, 0.2) is 11.0 Å². The Balaban J connectivity index is 1.78. The van der Waals surface area contributed by atoms with Gasteiger partial charge in [-0.05, 0) is 51.5 Å². The highest BCUT2D eigenvalue weighted by Gasteiger charge is 2.26. The van der Waals surface area contributed by atoms with Crippen LogP contribution in [0.15, 0.2) is 23.4 Å². The molecule has 0 radical (unpaired) electrons. The lowest BCUT2D eigenvalue weighted by Crippen LogP contribution is -2.18. The molecule has 35 heavy (non-hydrogen) atoms. The molecule has 0 atom stereocenters. The average molecular weight is 556 g/mol. The van der Waals surface area contributed by atoms with Crippen molar-refractivity contribution < 1.29 is 19.1 Å². The monoisotopic (exact) mass is 555 g/mol. The Morgan fingerprint density at radius 3 is 2.54 bits per heavy atom. The summed E-state index contributed by atoms with van der Waals surface area (Å²) >= 11 is 14.3. The van der Waals surface area contributed by atoms with Crippen LogP contribution in [-0.2, 0) is 16.1 Å². The van der Waals surface area contributed by atoms with Crippen LogP contribution in [-0.4, -0.2) is 44.4 Å². The summed E-state index contributed by atoms with van der Waals surface area (Å²) in [6.07, 6.45) is -0.372. The normalized spacial score (nSPS) is 11.1. The van der Waals surface area contributed by atoms with E-state index in [1.165, 1.54) is 11.8 Å². The Kier molecular flexibility index (Phi) is 8.81. The quantitative estimate of drug-likeness (QED) is 0.279. The molecule has 0 unspecified atom stereocenters. The number of carbonyl (C=O) groups excluding carboxylic acids is 3. The molecular formula is C22H23Cl2N5O4S2. The van der Waals surface area contributed by atoms with E-state index in [1.807, 2.05) is 11.5 Å². The van der Waals surface area contributed by atoms with Crippen LogP contribution in [0.25, 0.3) is 11.4 Å². The third kappa shape index (κ3) is 6.16. The van der Waals surface area contributed by atoms with Gasteiger partial charge in [-0.2, -0.15) is 0 Å². The number of nitrogens with two attached hydrogens (primary N) is 1. The Morgan fingerprint density at radius 2 is 1.94 bits per heavy atom. The van der Waals surface area contributed by atoms with E-state index in [0.717, 1.165) is 16.9 Å². The van der Waals surface area contributed by atoms with Gasteiger partial charge in [0, 0.05) is 12.1 Å². The van der Waals surface area contributed by atoms with E-state index in [4.69, 9.17) is 33.7 Å². The number of hydrogen-bond donors (Lipinski definition) is 2. The van der Waals surface area contributed by atoms with Gasteiger partial charge in [-0.3, -0.25) is 9.59 Å². The van der Waals surface area contributed by atoms with Crippen LogP contribution in [0.1, 0.15) is 46.4 Å². The topological polar surface area (TPSA) is 129 Å². The zero-order valence-electron chi connectivity index (χ0n) is 19.3. The number of halogens is 2. The van der Waals surface area contributed by atoms with Crippen molar-refractivity contribution in [3.63, 3.8) is 0 Å².